The number of thioether (sulfide) groups is 1. The third-order valence-electron chi connectivity index (χ3n) is 3.06. The van der Waals surface area contributed by atoms with E-state index in [1.807, 2.05) is 12.1 Å². The number of carbonyl (C=O) groups excluding carboxylic acids is 3. The number of hydrogen-bond acceptors (Lipinski definition) is 6. The van der Waals surface area contributed by atoms with Crippen LogP contribution >= 0.6 is 27.7 Å². The van der Waals surface area contributed by atoms with Crippen molar-refractivity contribution in [2.24, 2.45) is 0 Å². The third kappa shape index (κ3) is 10.7. The van der Waals surface area contributed by atoms with Crippen LogP contribution in [0.25, 0.3) is 0 Å². The summed E-state index contributed by atoms with van der Waals surface area (Å²) in [4.78, 5) is 37.6. The van der Waals surface area contributed by atoms with Gasteiger partial charge in [0, 0.05) is 15.8 Å². The van der Waals surface area contributed by atoms with Gasteiger partial charge in [-0.1, -0.05) is 15.9 Å². The van der Waals surface area contributed by atoms with Gasteiger partial charge in [-0.2, -0.15) is 0 Å². The maximum atomic E-state index is 12.5. The fourth-order valence-electron chi connectivity index (χ4n) is 2.06. The summed E-state index contributed by atoms with van der Waals surface area (Å²) in [6.45, 7) is 10.5. The van der Waals surface area contributed by atoms with E-state index in [0.717, 1.165) is 21.1 Å². The molecule has 1 aromatic carbocycles. The van der Waals surface area contributed by atoms with Gasteiger partial charge in [-0.05, 0) is 84.0 Å². The van der Waals surface area contributed by atoms with Crippen LogP contribution in [-0.2, 0) is 19.1 Å². The molecule has 8 heteroatoms. The number of halogens is 1. The molecule has 0 saturated heterocycles. The Labute approximate surface area is 179 Å². The molecule has 0 bridgehead atoms. The number of nitrogens with one attached hydrogen (secondary N) is 1. The van der Waals surface area contributed by atoms with Crippen molar-refractivity contribution in [2.75, 3.05) is 0 Å². The predicted molar refractivity (Wildman–Crippen MR) is 113 cm³/mol. The van der Waals surface area contributed by atoms with Crippen LogP contribution in [0, 0.1) is 0 Å². The highest BCUT2D eigenvalue weighted by Gasteiger charge is 2.28. The Morgan fingerprint density at radius 1 is 1.00 bits per heavy atom. The van der Waals surface area contributed by atoms with E-state index in [9.17, 15) is 14.4 Å². The maximum absolute atomic E-state index is 12.5. The quantitative estimate of drug-likeness (QED) is 0.457. The molecule has 0 aliphatic heterocycles. The van der Waals surface area contributed by atoms with Gasteiger partial charge in [0.2, 0.25) is 0 Å². The minimum atomic E-state index is -0.942. The molecule has 0 aliphatic carbocycles. The largest absolute Gasteiger partial charge is 0.460 e. The summed E-state index contributed by atoms with van der Waals surface area (Å²) in [6, 6.07) is 6.28. The normalized spacial score (nSPS) is 12.8. The van der Waals surface area contributed by atoms with E-state index in [-0.39, 0.29) is 12.8 Å². The molecule has 156 valence electrons. The van der Waals surface area contributed by atoms with Crippen LogP contribution in [0.1, 0.15) is 54.4 Å². The fourth-order valence-corrected chi connectivity index (χ4v) is 3.01. The Kier molecular flexibility index (Phi) is 9.01. The zero-order valence-corrected chi connectivity index (χ0v) is 19.5. The SMILES string of the molecule is CC(C)(C)OC(=O)CC[C@H](NC(=O)Sc1ccc(Br)cc1)C(=O)OC(C)(C)C. The highest BCUT2D eigenvalue weighted by atomic mass is 79.9. The van der Waals surface area contributed by atoms with Crippen LogP contribution < -0.4 is 5.32 Å². The number of carbonyl (C=O) groups is 3. The van der Waals surface area contributed by atoms with Gasteiger partial charge in [-0.25, -0.2) is 4.79 Å². The molecular formula is C20H28BrNO5S. The summed E-state index contributed by atoms with van der Waals surface area (Å²) in [6.07, 6.45) is 0.0842. The van der Waals surface area contributed by atoms with Crippen LogP contribution in [-0.4, -0.2) is 34.4 Å². The highest BCUT2D eigenvalue weighted by Crippen LogP contribution is 2.22. The number of ether oxygens (including phenoxy) is 2. The molecule has 0 aliphatic rings. The molecule has 6 nitrogen and oxygen atoms in total. The summed E-state index contributed by atoms with van der Waals surface area (Å²) in [5.74, 6) is -1.02. The van der Waals surface area contributed by atoms with Crippen LogP contribution in [0.4, 0.5) is 4.79 Å². The van der Waals surface area contributed by atoms with Crippen molar-refractivity contribution in [3.63, 3.8) is 0 Å². The first kappa shape index (κ1) is 24.5. The molecular weight excluding hydrogens is 446 g/mol. The molecule has 0 saturated carbocycles. The van der Waals surface area contributed by atoms with Crippen molar-refractivity contribution in [1.29, 1.82) is 0 Å². The molecule has 0 heterocycles. The summed E-state index contributed by atoms with van der Waals surface area (Å²) in [5.41, 5.74) is -1.32. The Morgan fingerprint density at radius 3 is 2.04 bits per heavy atom. The molecule has 1 rings (SSSR count). The Bertz CT molecular complexity index is 692. The molecule has 1 amide bonds. The predicted octanol–water partition coefficient (Wildman–Crippen LogP) is 5.08. The first-order valence-electron chi connectivity index (χ1n) is 8.94. The number of rotatable bonds is 6. The molecule has 1 N–H and O–H groups in total. The minimum absolute atomic E-state index is 0.00951. The van der Waals surface area contributed by atoms with Crippen molar-refractivity contribution in [1.82, 2.24) is 5.32 Å². The number of benzene rings is 1. The van der Waals surface area contributed by atoms with Gasteiger partial charge in [-0.15, -0.1) is 0 Å². The molecule has 1 aromatic rings. The third-order valence-corrected chi connectivity index (χ3v) is 4.40. The average molecular weight is 474 g/mol. The Balaban J connectivity index is 2.76. The van der Waals surface area contributed by atoms with Crippen molar-refractivity contribution in [3.05, 3.63) is 28.7 Å². The lowest BCUT2D eigenvalue weighted by molar-refractivity contribution is -0.158. The maximum Gasteiger partial charge on any atom is 0.329 e. The van der Waals surface area contributed by atoms with E-state index in [1.165, 1.54) is 0 Å². The van der Waals surface area contributed by atoms with Crippen LogP contribution in [0.5, 0.6) is 0 Å². The lowest BCUT2D eigenvalue weighted by Crippen LogP contribution is -2.43. The standard InChI is InChI=1S/C20H28BrNO5S/c1-19(2,3)26-16(23)12-11-15(17(24)27-20(4,5)6)22-18(25)28-14-9-7-13(21)8-10-14/h7-10,15H,11-12H2,1-6H3,(H,22,25)/t15-/m0/s1. The monoisotopic (exact) mass is 473 g/mol. The van der Waals surface area contributed by atoms with E-state index < -0.39 is 34.4 Å². The molecule has 0 fully saturated rings. The first-order valence-corrected chi connectivity index (χ1v) is 10.5. The van der Waals surface area contributed by atoms with Crippen LogP contribution in [0.15, 0.2) is 33.6 Å². The summed E-state index contributed by atoms with van der Waals surface area (Å²) >= 11 is 4.30. The van der Waals surface area contributed by atoms with E-state index in [4.69, 9.17) is 9.47 Å². The van der Waals surface area contributed by atoms with Gasteiger partial charge >= 0.3 is 11.9 Å². The number of amides is 1. The van der Waals surface area contributed by atoms with Gasteiger partial charge in [0.15, 0.2) is 0 Å². The van der Waals surface area contributed by atoms with Gasteiger partial charge in [-0.3, -0.25) is 9.59 Å². The van der Waals surface area contributed by atoms with Crippen molar-refractivity contribution < 1.29 is 23.9 Å². The average Bonchev–Trinajstić information content (AvgIpc) is 2.50. The molecule has 0 aromatic heterocycles. The zero-order chi connectivity index (χ0) is 21.5. The zero-order valence-electron chi connectivity index (χ0n) is 17.1. The second kappa shape index (κ2) is 10.3. The van der Waals surface area contributed by atoms with Crippen molar-refractivity contribution in [3.8, 4) is 0 Å². The Hall–Kier alpha value is -1.54. The van der Waals surface area contributed by atoms with E-state index >= 15 is 0 Å². The van der Waals surface area contributed by atoms with E-state index in [0.29, 0.717) is 0 Å². The summed E-state index contributed by atoms with van der Waals surface area (Å²) in [7, 11) is 0. The van der Waals surface area contributed by atoms with Gasteiger partial charge in [0.1, 0.15) is 17.2 Å². The summed E-state index contributed by atoms with van der Waals surface area (Å²) < 4.78 is 11.5. The number of esters is 2. The topological polar surface area (TPSA) is 81.7 Å². The van der Waals surface area contributed by atoms with Gasteiger partial charge in [0.25, 0.3) is 5.24 Å². The second-order valence-corrected chi connectivity index (χ2v) is 10.2. The second-order valence-electron chi connectivity index (χ2n) is 8.20. The lowest BCUT2D eigenvalue weighted by atomic mass is 10.1. The molecule has 0 spiro atoms. The van der Waals surface area contributed by atoms with Crippen molar-refractivity contribution >= 4 is 44.9 Å². The Morgan fingerprint density at radius 2 is 1.54 bits per heavy atom. The molecule has 0 unspecified atom stereocenters. The molecule has 28 heavy (non-hydrogen) atoms. The minimum Gasteiger partial charge on any atom is -0.460 e. The molecule has 1 atom stereocenters. The highest BCUT2D eigenvalue weighted by molar-refractivity contribution is 9.10. The van der Waals surface area contributed by atoms with Crippen molar-refractivity contribution in [2.45, 2.75) is 76.5 Å². The van der Waals surface area contributed by atoms with E-state index in [2.05, 4.69) is 21.2 Å². The lowest BCUT2D eigenvalue weighted by Gasteiger charge is -2.25. The van der Waals surface area contributed by atoms with Crippen LogP contribution in [0.2, 0.25) is 0 Å². The van der Waals surface area contributed by atoms with Gasteiger partial charge < -0.3 is 14.8 Å². The van der Waals surface area contributed by atoms with E-state index in [1.54, 1.807) is 53.7 Å². The number of hydrogen-bond donors (Lipinski definition) is 1. The van der Waals surface area contributed by atoms with Crippen LogP contribution in [0.3, 0.4) is 0 Å². The smallest absolute Gasteiger partial charge is 0.329 e. The molecule has 0 radical (unpaired) electrons. The first-order chi connectivity index (χ1) is 12.7. The summed E-state index contributed by atoms with van der Waals surface area (Å²) in [5, 5.41) is 2.25. The fraction of sp³-hybridized carbons (Fsp3) is 0.550. The van der Waals surface area contributed by atoms with Gasteiger partial charge in [0.05, 0.1) is 0 Å².